The molecular formula is C19H31N5OS. The van der Waals surface area contributed by atoms with Crippen LogP contribution in [0.2, 0.25) is 0 Å². The van der Waals surface area contributed by atoms with E-state index in [1.165, 1.54) is 30.7 Å². The molecule has 6 nitrogen and oxygen atoms in total. The molecule has 0 bridgehead atoms. The van der Waals surface area contributed by atoms with E-state index in [9.17, 15) is 4.79 Å². The molecule has 3 rings (SSSR count). The van der Waals surface area contributed by atoms with E-state index < -0.39 is 0 Å². The standard InChI is InChI=1S/C19H31N5OS/c1-23(2)17(25)14-20-19(21-15-6-3-4-7-15)22-16-9-11-24(12-10-16)18-8-5-13-26-18/h5,8,13,15-16H,3-4,6-7,9-12,14H2,1-2H3,(H2,20,21,22). The SMILES string of the molecule is CN(C)C(=O)CN=C(NC1CCCC1)NC1CCN(c2cccs2)CC1. The van der Waals surface area contributed by atoms with E-state index in [4.69, 9.17) is 0 Å². The predicted molar refractivity (Wildman–Crippen MR) is 109 cm³/mol. The second-order valence-electron chi connectivity index (χ2n) is 7.44. The lowest BCUT2D eigenvalue weighted by Gasteiger charge is -2.34. The van der Waals surface area contributed by atoms with Crippen LogP contribution < -0.4 is 15.5 Å². The van der Waals surface area contributed by atoms with Crippen molar-refractivity contribution >= 4 is 28.2 Å². The van der Waals surface area contributed by atoms with Crippen molar-refractivity contribution in [1.29, 1.82) is 0 Å². The van der Waals surface area contributed by atoms with Gasteiger partial charge in [-0.25, -0.2) is 4.99 Å². The predicted octanol–water partition coefficient (Wildman–Crippen LogP) is 2.28. The van der Waals surface area contributed by atoms with Crippen LogP contribution in [0.4, 0.5) is 5.00 Å². The molecule has 1 saturated heterocycles. The van der Waals surface area contributed by atoms with Crippen molar-refractivity contribution in [3.05, 3.63) is 17.5 Å². The summed E-state index contributed by atoms with van der Waals surface area (Å²) in [4.78, 5) is 20.5. The fourth-order valence-corrected chi connectivity index (χ4v) is 4.36. The molecular weight excluding hydrogens is 346 g/mol. The number of carbonyl (C=O) groups is 1. The smallest absolute Gasteiger partial charge is 0.243 e. The zero-order valence-corrected chi connectivity index (χ0v) is 16.7. The summed E-state index contributed by atoms with van der Waals surface area (Å²) in [5.74, 6) is 0.840. The number of guanidine groups is 1. The number of anilines is 1. The summed E-state index contributed by atoms with van der Waals surface area (Å²) in [6.45, 7) is 2.32. The zero-order chi connectivity index (χ0) is 18.4. The van der Waals surface area contributed by atoms with Crippen LogP contribution >= 0.6 is 11.3 Å². The molecule has 0 radical (unpaired) electrons. The fourth-order valence-electron chi connectivity index (χ4n) is 3.57. The van der Waals surface area contributed by atoms with Gasteiger partial charge in [-0.1, -0.05) is 12.8 Å². The Morgan fingerprint density at radius 2 is 1.85 bits per heavy atom. The fraction of sp³-hybridized carbons (Fsp3) is 0.684. The van der Waals surface area contributed by atoms with Crippen LogP contribution in [-0.2, 0) is 4.79 Å². The van der Waals surface area contributed by atoms with Crippen molar-refractivity contribution in [2.75, 3.05) is 38.6 Å². The number of carbonyl (C=O) groups excluding carboxylic acids is 1. The van der Waals surface area contributed by atoms with Crippen molar-refractivity contribution in [2.24, 2.45) is 4.99 Å². The Bertz CT molecular complexity index is 587. The highest BCUT2D eigenvalue weighted by atomic mass is 32.1. The molecule has 1 amide bonds. The van der Waals surface area contributed by atoms with Crippen molar-refractivity contribution in [3.63, 3.8) is 0 Å². The van der Waals surface area contributed by atoms with Crippen LogP contribution in [0.15, 0.2) is 22.5 Å². The maximum absolute atomic E-state index is 11.9. The number of likely N-dealkylation sites (N-methyl/N-ethyl adjacent to an activating group) is 1. The molecule has 2 N–H and O–H groups in total. The van der Waals surface area contributed by atoms with Gasteiger partial charge in [-0.3, -0.25) is 4.79 Å². The first-order chi connectivity index (χ1) is 12.6. The van der Waals surface area contributed by atoms with E-state index in [0.717, 1.165) is 31.9 Å². The topological polar surface area (TPSA) is 60.0 Å². The number of rotatable bonds is 5. The third kappa shape index (κ3) is 5.37. The first kappa shape index (κ1) is 19.0. The highest BCUT2D eigenvalue weighted by molar-refractivity contribution is 7.14. The number of hydrogen-bond acceptors (Lipinski definition) is 4. The van der Waals surface area contributed by atoms with E-state index in [-0.39, 0.29) is 12.5 Å². The second kappa shape index (κ2) is 9.26. The summed E-state index contributed by atoms with van der Waals surface area (Å²) in [7, 11) is 3.55. The van der Waals surface area contributed by atoms with E-state index in [0.29, 0.717) is 12.1 Å². The average molecular weight is 378 g/mol. The zero-order valence-electron chi connectivity index (χ0n) is 15.9. The largest absolute Gasteiger partial charge is 0.363 e. The minimum absolute atomic E-state index is 0.0324. The molecule has 144 valence electrons. The quantitative estimate of drug-likeness (QED) is 0.611. The Morgan fingerprint density at radius 1 is 1.19 bits per heavy atom. The van der Waals surface area contributed by atoms with Gasteiger partial charge in [0, 0.05) is 39.3 Å². The van der Waals surface area contributed by atoms with Gasteiger partial charge in [0.15, 0.2) is 5.96 Å². The highest BCUT2D eigenvalue weighted by Crippen LogP contribution is 2.25. The molecule has 0 aromatic carbocycles. The van der Waals surface area contributed by atoms with Gasteiger partial charge in [0.1, 0.15) is 6.54 Å². The lowest BCUT2D eigenvalue weighted by Crippen LogP contribution is -2.50. The number of nitrogens with one attached hydrogen (secondary N) is 2. The van der Waals surface area contributed by atoms with E-state index in [1.807, 2.05) is 11.3 Å². The van der Waals surface area contributed by atoms with Crippen LogP contribution in [0.1, 0.15) is 38.5 Å². The molecule has 7 heteroatoms. The normalized spacial score (nSPS) is 19.6. The molecule has 1 aliphatic carbocycles. The Kier molecular flexibility index (Phi) is 6.77. The monoisotopic (exact) mass is 377 g/mol. The van der Waals surface area contributed by atoms with E-state index >= 15 is 0 Å². The molecule has 1 saturated carbocycles. The summed E-state index contributed by atoms with van der Waals surface area (Å²) < 4.78 is 0. The molecule has 0 unspecified atom stereocenters. The van der Waals surface area contributed by atoms with Gasteiger partial charge in [0.25, 0.3) is 0 Å². The van der Waals surface area contributed by atoms with Gasteiger partial charge in [-0.05, 0) is 43.2 Å². The molecule has 2 fully saturated rings. The number of thiophene rings is 1. The van der Waals surface area contributed by atoms with Crippen molar-refractivity contribution in [2.45, 2.75) is 50.6 Å². The summed E-state index contributed by atoms with van der Waals surface area (Å²) >= 11 is 1.81. The Labute approximate surface area is 160 Å². The van der Waals surface area contributed by atoms with Gasteiger partial charge < -0.3 is 20.4 Å². The first-order valence-corrected chi connectivity index (χ1v) is 10.6. The van der Waals surface area contributed by atoms with Gasteiger partial charge in [-0.15, -0.1) is 11.3 Å². The van der Waals surface area contributed by atoms with Gasteiger partial charge in [-0.2, -0.15) is 0 Å². The number of nitrogens with zero attached hydrogens (tertiary/aromatic N) is 3. The van der Waals surface area contributed by atoms with E-state index in [1.54, 1.807) is 19.0 Å². The molecule has 26 heavy (non-hydrogen) atoms. The Balaban J connectivity index is 1.54. The van der Waals surface area contributed by atoms with Crippen molar-refractivity contribution < 1.29 is 4.79 Å². The number of aliphatic imine (C=N–C) groups is 1. The van der Waals surface area contributed by atoms with Crippen LogP contribution in [0, 0.1) is 0 Å². The molecule has 2 aliphatic rings. The lowest BCUT2D eigenvalue weighted by atomic mass is 10.1. The lowest BCUT2D eigenvalue weighted by molar-refractivity contribution is -0.127. The molecule has 2 heterocycles. The van der Waals surface area contributed by atoms with Crippen molar-refractivity contribution in [1.82, 2.24) is 15.5 Å². The minimum Gasteiger partial charge on any atom is -0.363 e. The van der Waals surface area contributed by atoms with Crippen LogP contribution in [0.25, 0.3) is 0 Å². The molecule has 1 aliphatic heterocycles. The summed E-state index contributed by atoms with van der Waals surface area (Å²) in [5.41, 5.74) is 0. The van der Waals surface area contributed by atoms with Crippen LogP contribution in [-0.4, -0.2) is 62.6 Å². The average Bonchev–Trinajstić information content (AvgIpc) is 3.34. The molecule has 0 atom stereocenters. The van der Waals surface area contributed by atoms with Crippen LogP contribution in [0.3, 0.4) is 0 Å². The maximum atomic E-state index is 11.9. The third-order valence-electron chi connectivity index (χ3n) is 5.22. The summed E-state index contributed by atoms with van der Waals surface area (Å²) in [6.07, 6.45) is 7.12. The summed E-state index contributed by atoms with van der Waals surface area (Å²) in [6, 6.07) is 5.21. The van der Waals surface area contributed by atoms with Gasteiger partial charge in [0.2, 0.25) is 5.91 Å². The van der Waals surface area contributed by atoms with Crippen LogP contribution in [0.5, 0.6) is 0 Å². The number of hydrogen-bond donors (Lipinski definition) is 2. The first-order valence-electron chi connectivity index (χ1n) is 9.68. The second-order valence-corrected chi connectivity index (χ2v) is 8.36. The van der Waals surface area contributed by atoms with Crippen molar-refractivity contribution in [3.8, 4) is 0 Å². The Hall–Kier alpha value is -1.76. The van der Waals surface area contributed by atoms with Gasteiger partial charge >= 0.3 is 0 Å². The number of amides is 1. The Morgan fingerprint density at radius 3 is 2.42 bits per heavy atom. The summed E-state index contributed by atoms with van der Waals surface area (Å²) in [5, 5.41) is 10.6. The third-order valence-corrected chi connectivity index (χ3v) is 6.15. The molecule has 0 spiro atoms. The molecule has 1 aromatic rings. The van der Waals surface area contributed by atoms with Gasteiger partial charge in [0.05, 0.1) is 5.00 Å². The number of piperidine rings is 1. The maximum Gasteiger partial charge on any atom is 0.243 e. The highest BCUT2D eigenvalue weighted by Gasteiger charge is 2.22. The minimum atomic E-state index is 0.0324. The van der Waals surface area contributed by atoms with E-state index in [2.05, 4.69) is 38.0 Å². The molecule has 1 aromatic heterocycles.